The first-order valence-electron chi connectivity index (χ1n) is 4.81. The SMILES string of the molecule is CN1CCCC1c1cccnc1N=O. The first-order valence-corrected chi connectivity index (χ1v) is 4.81. The predicted octanol–water partition coefficient (Wildman–Crippen LogP) is 2.25. The van der Waals surface area contributed by atoms with Gasteiger partial charge in [-0.05, 0) is 37.7 Å². The molecule has 4 nitrogen and oxygen atoms in total. The van der Waals surface area contributed by atoms with Gasteiger partial charge in [0.1, 0.15) is 0 Å². The lowest BCUT2D eigenvalue weighted by Gasteiger charge is -2.19. The molecular weight excluding hydrogens is 178 g/mol. The summed E-state index contributed by atoms with van der Waals surface area (Å²) < 4.78 is 0. The van der Waals surface area contributed by atoms with Gasteiger partial charge in [0.15, 0.2) is 0 Å². The highest BCUT2D eigenvalue weighted by atomic mass is 16.3. The van der Waals surface area contributed by atoms with E-state index in [2.05, 4.69) is 22.1 Å². The van der Waals surface area contributed by atoms with Crippen LogP contribution in [0.4, 0.5) is 5.82 Å². The van der Waals surface area contributed by atoms with Gasteiger partial charge in [-0.2, -0.15) is 0 Å². The van der Waals surface area contributed by atoms with E-state index in [0.29, 0.717) is 11.9 Å². The van der Waals surface area contributed by atoms with Gasteiger partial charge in [-0.25, -0.2) is 4.98 Å². The maximum absolute atomic E-state index is 10.6. The summed E-state index contributed by atoms with van der Waals surface area (Å²) >= 11 is 0. The third-order valence-electron chi connectivity index (χ3n) is 2.78. The van der Waals surface area contributed by atoms with Crippen LogP contribution in [0.5, 0.6) is 0 Å². The van der Waals surface area contributed by atoms with Crippen LogP contribution in [-0.4, -0.2) is 23.5 Å². The molecule has 74 valence electrons. The normalized spacial score (nSPS) is 22.5. The molecule has 1 aliphatic rings. The Morgan fingerprint density at radius 3 is 3.14 bits per heavy atom. The fourth-order valence-corrected chi connectivity index (χ4v) is 2.05. The first-order chi connectivity index (χ1) is 6.83. The molecule has 0 amide bonds. The number of pyridine rings is 1. The first kappa shape index (κ1) is 9.27. The van der Waals surface area contributed by atoms with E-state index in [1.807, 2.05) is 12.1 Å². The number of hydrogen-bond acceptors (Lipinski definition) is 4. The number of nitrogens with zero attached hydrogens (tertiary/aromatic N) is 3. The summed E-state index contributed by atoms with van der Waals surface area (Å²) in [6.45, 7) is 1.08. The van der Waals surface area contributed by atoms with E-state index in [1.54, 1.807) is 6.20 Å². The number of rotatable bonds is 2. The lowest BCUT2D eigenvalue weighted by atomic mass is 10.1. The summed E-state index contributed by atoms with van der Waals surface area (Å²) in [7, 11) is 2.07. The molecule has 1 atom stereocenters. The van der Waals surface area contributed by atoms with Crippen molar-refractivity contribution in [2.75, 3.05) is 13.6 Å². The molecule has 1 unspecified atom stereocenters. The summed E-state index contributed by atoms with van der Waals surface area (Å²) in [5.41, 5.74) is 0.961. The van der Waals surface area contributed by atoms with Crippen LogP contribution in [0.3, 0.4) is 0 Å². The minimum Gasteiger partial charge on any atom is -0.299 e. The maximum Gasteiger partial charge on any atom is 0.201 e. The molecule has 0 spiro atoms. The molecule has 0 radical (unpaired) electrons. The average Bonchev–Trinajstić information content (AvgIpc) is 2.64. The number of aromatic nitrogens is 1. The van der Waals surface area contributed by atoms with Crippen LogP contribution in [0.15, 0.2) is 23.5 Å². The van der Waals surface area contributed by atoms with Crippen molar-refractivity contribution >= 4 is 5.82 Å². The Labute approximate surface area is 82.9 Å². The van der Waals surface area contributed by atoms with Crippen molar-refractivity contribution in [3.63, 3.8) is 0 Å². The van der Waals surface area contributed by atoms with Gasteiger partial charge >= 0.3 is 0 Å². The Hall–Kier alpha value is -1.29. The monoisotopic (exact) mass is 191 g/mol. The van der Waals surface area contributed by atoms with Crippen molar-refractivity contribution in [1.29, 1.82) is 0 Å². The molecule has 0 saturated carbocycles. The van der Waals surface area contributed by atoms with Crippen molar-refractivity contribution in [2.45, 2.75) is 18.9 Å². The maximum atomic E-state index is 10.6. The van der Waals surface area contributed by atoms with Crippen molar-refractivity contribution in [2.24, 2.45) is 5.18 Å². The molecule has 1 aliphatic heterocycles. The largest absolute Gasteiger partial charge is 0.299 e. The van der Waals surface area contributed by atoms with E-state index in [1.165, 1.54) is 6.42 Å². The summed E-state index contributed by atoms with van der Waals surface area (Å²) in [6, 6.07) is 4.11. The number of hydrogen-bond donors (Lipinski definition) is 0. The van der Waals surface area contributed by atoms with Crippen molar-refractivity contribution in [3.8, 4) is 0 Å². The van der Waals surface area contributed by atoms with Gasteiger partial charge < -0.3 is 0 Å². The summed E-state index contributed by atoms with van der Waals surface area (Å²) in [6.07, 6.45) is 3.87. The van der Waals surface area contributed by atoms with Crippen molar-refractivity contribution in [1.82, 2.24) is 9.88 Å². The molecule has 0 aliphatic carbocycles. The summed E-state index contributed by atoms with van der Waals surface area (Å²) in [4.78, 5) is 16.8. The number of likely N-dealkylation sites (tertiary alicyclic amines) is 1. The molecule has 0 aromatic carbocycles. The van der Waals surface area contributed by atoms with Crippen LogP contribution >= 0.6 is 0 Å². The molecule has 0 bridgehead atoms. The lowest BCUT2D eigenvalue weighted by molar-refractivity contribution is 0.317. The lowest BCUT2D eigenvalue weighted by Crippen LogP contribution is -2.17. The molecule has 14 heavy (non-hydrogen) atoms. The van der Waals surface area contributed by atoms with Gasteiger partial charge in [0.05, 0.1) is 0 Å². The predicted molar refractivity (Wildman–Crippen MR) is 54.3 cm³/mol. The van der Waals surface area contributed by atoms with E-state index in [0.717, 1.165) is 18.5 Å². The summed E-state index contributed by atoms with van der Waals surface area (Å²) in [5, 5.41) is 2.96. The highest BCUT2D eigenvalue weighted by Gasteiger charge is 2.25. The minimum atomic E-state index is 0.316. The van der Waals surface area contributed by atoms with E-state index in [9.17, 15) is 4.91 Å². The fraction of sp³-hybridized carbons (Fsp3) is 0.500. The Balaban J connectivity index is 2.34. The highest BCUT2D eigenvalue weighted by molar-refractivity contribution is 5.40. The fourth-order valence-electron chi connectivity index (χ4n) is 2.05. The van der Waals surface area contributed by atoms with Crippen LogP contribution in [-0.2, 0) is 0 Å². The molecule has 1 aromatic heterocycles. The Morgan fingerprint density at radius 1 is 1.64 bits per heavy atom. The standard InChI is InChI=1S/C10H13N3O/c1-13-7-3-5-9(13)8-4-2-6-11-10(8)12-14/h2,4,6,9H,3,5,7H2,1H3. The molecular formula is C10H13N3O. The Morgan fingerprint density at radius 2 is 2.50 bits per heavy atom. The zero-order chi connectivity index (χ0) is 9.97. The Kier molecular flexibility index (Phi) is 2.54. The van der Waals surface area contributed by atoms with Crippen LogP contribution in [0, 0.1) is 4.91 Å². The molecule has 0 N–H and O–H groups in total. The van der Waals surface area contributed by atoms with Crippen LogP contribution < -0.4 is 0 Å². The topological polar surface area (TPSA) is 45.6 Å². The minimum absolute atomic E-state index is 0.316. The van der Waals surface area contributed by atoms with E-state index >= 15 is 0 Å². The van der Waals surface area contributed by atoms with Crippen molar-refractivity contribution < 1.29 is 0 Å². The molecule has 1 fully saturated rings. The smallest absolute Gasteiger partial charge is 0.201 e. The zero-order valence-electron chi connectivity index (χ0n) is 8.18. The molecule has 2 heterocycles. The second-order valence-corrected chi connectivity index (χ2v) is 3.65. The van der Waals surface area contributed by atoms with Gasteiger partial charge in [-0.3, -0.25) is 4.90 Å². The average molecular weight is 191 g/mol. The van der Waals surface area contributed by atoms with Gasteiger partial charge in [0.2, 0.25) is 5.82 Å². The quantitative estimate of drug-likeness (QED) is 0.673. The van der Waals surface area contributed by atoms with Gasteiger partial charge in [-0.1, -0.05) is 6.07 Å². The Bertz CT molecular complexity index is 340. The zero-order valence-corrected chi connectivity index (χ0v) is 8.18. The van der Waals surface area contributed by atoms with E-state index in [4.69, 9.17) is 0 Å². The number of nitroso groups, excluding NO2 is 1. The third-order valence-corrected chi connectivity index (χ3v) is 2.78. The van der Waals surface area contributed by atoms with Gasteiger partial charge in [-0.15, -0.1) is 4.91 Å². The van der Waals surface area contributed by atoms with Gasteiger partial charge in [0, 0.05) is 17.8 Å². The summed E-state index contributed by atoms with van der Waals surface area (Å²) in [5.74, 6) is 0.339. The van der Waals surface area contributed by atoms with Crippen LogP contribution in [0.1, 0.15) is 24.4 Å². The second kappa shape index (κ2) is 3.84. The molecule has 1 aromatic rings. The molecule has 1 saturated heterocycles. The second-order valence-electron chi connectivity index (χ2n) is 3.65. The molecule has 2 rings (SSSR count). The van der Waals surface area contributed by atoms with Crippen LogP contribution in [0.2, 0.25) is 0 Å². The molecule has 4 heteroatoms. The van der Waals surface area contributed by atoms with E-state index in [-0.39, 0.29) is 0 Å². The van der Waals surface area contributed by atoms with E-state index < -0.39 is 0 Å². The van der Waals surface area contributed by atoms with Gasteiger partial charge in [0.25, 0.3) is 0 Å². The highest BCUT2D eigenvalue weighted by Crippen LogP contribution is 2.34. The third kappa shape index (κ3) is 1.53. The van der Waals surface area contributed by atoms with Crippen LogP contribution in [0.25, 0.3) is 0 Å². The van der Waals surface area contributed by atoms with Crippen molar-refractivity contribution in [3.05, 3.63) is 28.8 Å².